The SMILES string of the molecule is COC(=O)C1CCCC1S(=O)(=O)Nc1cccc(Cl)c1F. The highest BCUT2D eigenvalue weighted by Gasteiger charge is 2.42. The summed E-state index contributed by atoms with van der Waals surface area (Å²) < 4.78 is 45.3. The normalized spacial score (nSPS) is 22.0. The summed E-state index contributed by atoms with van der Waals surface area (Å²) in [6, 6.07) is 4.04. The second-order valence-corrected chi connectivity index (χ2v) is 7.15. The van der Waals surface area contributed by atoms with Crippen LogP contribution in [0.5, 0.6) is 0 Å². The maximum absolute atomic E-state index is 13.8. The molecule has 0 saturated heterocycles. The largest absolute Gasteiger partial charge is 0.469 e. The van der Waals surface area contributed by atoms with E-state index in [-0.39, 0.29) is 10.7 Å². The second kappa shape index (κ2) is 6.19. The van der Waals surface area contributed by atoms with Crippen LogP contribution in [0.15, 0.2) is 18.2 Å². The van der Waals surface area contributed by atoms with Gasteiger partial charge in [0, 0.05) is 0 Å². The van der Waals surface area contributed by atoms with Gasteiger partial charge in [-0.3, -0.25) is 9.52 Å². The number of anilines is 1. The summed E-state index contributed by atoms with van der Waals surface area (Å²) in [5.74, 6) is -2.13. The van der Waals surface area contributed by atoms with E-state index in [1.807, 2.05) is 0 Å². The summed E-state index contributed by atoms with van der Waals surface area (Å²) in [6.45, 7) is 0. The summed E-state index contributed by atoms with van der Waals surface area (Å²) in [5, 5.41) is -1.10. The van der Waals surface area contributed by atoms with Crippen LogP contribution < -0.4 is 4.72 Å². The molecule has 2 atom stereocenters. The fourth-order valence-corrected chi connectivity index (χ4v) is 4.48. The lowest BCUT2D eigenvalue weighted by Gasteiger charge is -2.19. The first-order chi connectivity index (χ1) is 9.86. The molecule has 1 saturated carbocycles. The first-order valence-electron chi connectivity index (χ1n) is 6.40. The molecule has 1 N–H and O–H groups in total. The molecule has 2 rings (SSSR count). The van der Waals surface area contributed by atoms with Crippen LogP contribution in [0.4, 0.5) is 10.1 Å². The van der Waals surface area contributed by atoms with Crippen molar-refractivity contribution in [2.45, 2.75) is 24.5 Å². The molecule has 1 fully saturated rings. The fourth-order valence-electron chi connectivity index (χ4n) is 2.53. The van der Waals surface area contributed by atoms with Gasteiger partial charge in [-0.15, -0.1) is 0 Å². The Bertz CT molecular complexity index is 650. The second-order valence-electron chi connectivity index (χ2n) is 4.85. The first kappa shape index (κ1) is 16.0. The minimum atomic E-state index is -3.91. The molecule has 1 aromatic carbocycles. The van der Waals surface area contributed by atoms with E-state index in [0.29, 0.717) is 19.3 Å². The smallest absolute Gasteiger partial charge is 0.310 e. The number of hydrogen-bond donors (Lipinski definition) is 1. The standard InChI is InChI=1S/C13H15ClFNO4S/c1-20-13(17)8-4-2-7-11(8)21(18,19)16-10-6-3-5-9(14)12(10)15/h3,5-6,8,11,16H,2,4,7H2,1H3. The van der Waals surface area contributed by atoms with Crippen LogP contribution in [0.3, 0.4) is 0 Å². The molecule has 0 heterocycles. The molecule has 8 heteroatoms. The third-order valence-corrected chi connectivity index (χ3v) is 5.72. The van der Waals surface area contributed by atoms with Crippen LogP contribution >= 0.6 is 11.6 Å². The van der Waals surface area contributed by atoms with Crippen molar-refractivity contribution >= 4 is 33.3 Å². The molecule has 0 amide bonds. The molecule has 116 valence electrons. The van der Waals surface area contributed by atoms with Gasteiger partial charge in [0.05, 0.1) is 29.0 Å². The van der Waals surface area contributed by atoms with Crippen molar-refractivity contribution in [3.05, 3.63) is 29.0 Å². The van der Waals surface area contributed by atoms with Gasteiger partial charge < -0.3 is 4.74 Å². The molecule has 0 aromatic heterocycles. The molecule has 21 heavy (non-hydrogen) atoms. The lowest BCUT2D eigenvalue weighted by atomic mass is 10.1. The predicted octanol–water partition coefficient (Wildman–Crippen LogP) is 2.56. The van der Waals surface area contributed by atoms with E-state index in [1.165, 1.54) is 25.3 Å². The molecule has 1 aromatic rings. The molecular weight excluding hydrogens is 321 g/mol. The number of rotatable bonds is 4. The average Bonchev–Trinajstić information content (AvgIpc) is 2.93. The quantitative estimate of drug-likeness (QED) is 0.858. The van der Waals surface area contributed by atoms with Gasteiger partial charge in [0.2, 0.25) is 10.0 Å². The third-order valence-electron chi connectivity index (χ3n) is 3.56. The number of sulfonamides is 1. The van der Waals surface area contributed by atoms with Gasteiger partial charge in [-0.1, -0.05) is 24.1 Å². The van der Waals surface area contributed by atoms with Crippen LogP contribution in [0.2, 0.25) is 5.02 Å². The Morgan fingerprint density at radius 2 is 2.14 bits per heavy atom. The van der Waals surface area contributed by atoms with Crippen LogP contribution in [-0.2, 0) is 19.6 Å². The van der Waals surface area contributed by atoms with Gasteiger partial charge in [-0.25, -0.2) is 12.8 Å². The molecule has 0 spiro atoms. The van der Waals surface area contributed by atoms with Crippen molar-refractivity contribution in [2.75, 3.05) is 11.8 Å². The number of carbonyl (C=O) groups is 1. The number of halogens is 2. The summed E-state index contributed by atoms with van der Waals surface area (Å²) in [4.78, 5) is 11.6. The number of benzene rings is 1. The Labute approximate surface area is 127 Å². The van der Waals surface area contributed by atoms with E-state index in [2.05, 4.69) is 9.46 Å². The maximum Gasteiger partial charge on any atom is 0.310 e. The van der Waals surface area contributed by atoms with Gasteiger partial charge in [-0.2, -0.15) is 0 Å². The van der Waals surface area contributed by atoms with Gasteiger partial charge in [0.15, 0.2) is 5.82 Å². The fraction of sp³-hybridized carbons (Fsp3) is 0.462. The van der Waals surface area contributed by atoms with Crippen molar-refractivity contribution in [1.29, 1.82) is 0 Å². The topological polar surface area (TPSA) is 72.5 Å². The van der Waals surface area contributed by atoms with Gasteiger partial charge >= 0.3 is 5.97 Å². The summed E-state index contributed by atoms with van der Waals surface area (Å²) in [5.41, 5.74) is -0.224. The number of carbonyl (C=O) groups excluding carboxylic acids is 1. The Kier molecular flexibility index (Phi) is 4.73. The van der Waals surface area contributed by atoms with E-state index < -0.39 is 33.0 Å². The Balaban J connectivity index is 2.26. The Morgan fingerprint density at radius 3 is 2.81 bits per heavy atom. The van der Waals surface area contributed by atoms with E-state index >= 15 is 0 Å². The first-order valence-corrected chi connectivity index (χ1v) is 8.32. The van der Waals surface area contributed by atoms with Crippen LogP contribution in [0, 0.1) is 11.7 Å². The van der Waals surface area contributed by atoms with Crippen LogP contribution in [-0.4, -0.2) is 26.7 Å². The minimum Gasteiger partial charge on any atom is -0.469 e. The molecule has 1 aliphatic rings. The van der Waals surface area contributed by atoms with Crippen LogP contribution in [0.25, 0.3) is 0 Å². The van der Waals surface area contributed by atoms with Crippen molar-refractivity contribution in [2.24, 2.45) is 5.92 Å². The van der Waals surface area contributed by atoms with Gasteiger partial charge in [0.25, 0.3) is 0 Å². The van der Waals surface area contributed by atoms with Crippen molar-refractivity contribution in [3.63, 3.8) is 0 Å². The molecule has 0 bridgehead atoms. The van der Waals surface area contributed by atoms with Crippen molar-refractivity contribution < 1.29 is 22.3 Å². The zero-order chi connectivity index (χ0) is 15.6. The van der Waals surface area contributed by atoms with E-state index in [0.717, 1.165) is 0 Å². The number of nitrogens with one attached hydrogen (secondary N) is 1. The predicted molar refractivity (Wildman–Crippen MR) is 77.1 cm³/mol. The number of ether oxygens (including phenoxy) is 1. The van der Waals surface area contributed by atoms with Gasteiger partial charge in [-0.05, 0) is 25.0 Å². The maximum atomic E-state index is 13.8. The van der Waals surface area contributed by atoms with E-state index in [4.69, 9.17) is 11.6 Å². The highest BCUT2D eigenvalue weighted by atomic mass is 35.5. The Hall–Kier alpha value is -1.34. The Morgan fingerprint density at radius 1 is 1.43 bits per heavy atom. The summed E-state index contributed by atoms with van der Waals surface area (Å²) in [6.07, 6.45) is 1.37. The third kappa shape index (κ3) is 3.29. The monoisotopic (exact) mass is 335 g/mol. The summed E-state index contributed by atoms with van der Waals surface area (Å²) in [7, 11) is -2.69. The lowest BCUT2D eigenvalue weighted by Crippen LogP contribution is -2.35. The average molecular weight is 336 g/mol. The lowest BCUT2D eigenvalue weighted by molar-refractivity contribution is -0.145. The zero-order valence-corrected chi connectivity index (χ0v) is 12.9. The number of hydrogen-bond acceptors (Lipinski definition) is 4. The van der Waals surface area contributed by atoms with Crippen LogP contribution in [0.1, 0.15) is 19.3 Å². The molecule has 5 nitrogen and oxygen atoms in total. The molecule has 1 aliphatic carbocycles. The molecular formula is C13H15ClFNO4S. The number of methoxy groups -OCH3 is 1. The van der Waals surface area contributed by atoms with Crippen molar-refractivity contribution in [1.82, 2.24) is 0 Å². The number of esters is 1. The zero-order valence-electron chi connectivity index (χ0n) is 11.3. The van der Waals surface area contributed by atoms with E-state index in [1.54, 1.807) is 0 Å². The summed E-state index contributed by atoms with van der Waals surface area (Å²) >= 11 is 5.62. The highest BCUT2D eigenvalue weighted by molar-refractivity contribution is 7.93. The van der Waals surface area contributed by atoms with Crippen molar-refractivity contribution in [3.8, 4) is 0 Å². The molecule has 0 radical (unpaired) electrons. The van der Waals surface area contributed by atoms with E-state index in [9.17, 15) is 17.6 Å². The minimum absolute atomic E-state index is 0.175. The molecule has 2 unspecified atom stereocenters. The van der Waals surface area contributed by atoms with Gasteiger partial charge in [0.1, 0.15) is 0 Å². The highest BCUT2D eigenvalue weighted by Crippen LogP contribution is 2.33. The molecule has 0 aliphatic heterocycles.